The Kier molecular flexibility index (Phi) is 3.39. The Hall–Kier alpha value is -1.46. The van der Waals surface area contributed by atoms with E-state index in [1.54, 1.807) is 12.1 Å². The fourth-order valence-corrected chi connectivity index (χ4v) is 1.37. The molecule has 0 aliphatic rings. The number of phenols is 1. The molecule has 0 saturated heterocycles. The van der Waals surface area contributed by atoms with Gasteiger partial charge in [0.05, 0.1) is 6.54 Å². The molecule has 1 aromatic carbocycles. The van der Waals surface area contributed by atoms with Crippen LogP contribution < -0.4 is 5.73 Å². The molecule has 0 radical (unpaired) electrons. The van der Waals surface area contributed by atoms with Gasteiger partial charge in [-0.05, 0) is 23.6 Å². The standard InChI is InChI=1S/C13H17NO/c1-13(2,3)11-9-10(5-4-8-14)6-7-12(11)15/h6-7,9,15H,8,14H2,1-3H3. The summed E-state index contributed by atoms with van der Waals surface area (Å²) in [7, 11) is 0. The van der Waals surface area contributed by atoms with Crippen molar-refractivity contribution in [3.63, 3.8) is 0 Å². The Morgan fingerprint density at radius 3 is 2.53 bits per heavy atom. The van der Waals surface area contributed by atoms with Gasteiger partial charge in [-0.15, -0.1) is 0 Å². The average molecular weight is 203 g/mol. The van der Waals surface area contributed by atoms with Crippen LogP contribution in [0.25, 0.3) is 0 Å². The van der Waals surface area contributed by atoms with E-state index in [-0.39, 0.29) is 5.41 Å². The van der Waals surface area contributed by atoms with Crippen LogP contribution in [0.3, 0.4) is 0 Å². The highest BCUT2D eigenvalue weighted by atomic mass is 16.3. The van der Waals surface area contributed by atoms with Crippen LogP contribution in [0.15, 0.2) is 18.2 Å². The zero-order valence-electron chi connectivity index (χ0n) is 9.46. The molecule has 1 aromatic rings. The molecule has 0 atom stereocenters. The smallest absolute Gasteiger partial charge is 0.119 e. The van der Waals surface area contributed by atoms with Crippen molar-refractivity contribution in [2.75, 3.05) is 6.54 Å². The number of nitrogens with two attached hydrogens (primary N) is 1. The van der Waals surface area contributed by atoms with E-state index in [2.05, 4.69) is 32.6 Å². The van der Waals surface area contributed by atoms with Gasteiger partial charge in [-0.25, -0.2) is 0 Å². The maximum atomic E-state index is 9.72. The number of hydrogen-bond donors (Lipinski definition) is 2. The first-order chi connectivity index (χ1) is 6.95. The minimum Gasteiger partial charge on any atom is -0.508 e. The molecule has 0 amide bonds. The van der Waals surface area contributed by atoms with Gasteiger partial charge < -0.3 is 10.8 Å². The predicted octanol–water partition coefficient (Wildman–Crippen LogP) is 2.00. The number of benzene rings is 1. The van der Waals surface area contributed by atoms with Gasteiger partial charge >= 0.3 is 0 Å². The van der Waals surface area contributed by atoms with Gasteiger partial charge in [0.2, 0.25) is 0 Å². The van der Waals surface area contributed by atoms with Gasteiger partial charge in [-0.1, -0.05) is 32.6 Å². The molecular formula is C13H17NO. The maximum Gasteiger partial charge on any atom is 0.119 e. The zero-order chi connectivity index (χ0) is 11.5. The van der Waals surface area contributed by atoms with E-state index in [9.17, 15) is 5.11 Å². The van der Waals surface area contributed by atoms with E-state index in [4.69, 9.17) is 5.73 Å². The van der Waals surface area contributed by atoms with Crippen molar-refractivity contribution in [3.8, 4) is 17.6 Å². The topological polar surface area (TPSA) is 46.2 Å². The van der Waals surface area contributed by atoms with Crippen molar-refractivity contribution in [3.05, 3.63) is 29.3 Å². The minimum atomic E-state index is -0.0789. The predicted molar refractivity (Wildman–Crippen MR) is 62.7 cm³/mol. The molecule has 0 spiro atoms. The highest BCUT2D eigenvalue weighted by Gasteiger charge is 2.17. The average Bonchev–Trinajstić information content (AvgIpc) is 2.15. The van der Waals surface area contributed by atoms with E-state index < -0.39 is 0 Å². The molecule has 0 aromatic heterocycles. The van der Waals surface area contributed by atoms with Crippen molar-refractivity contribution >= 4 is 0 Å². The van der Waals surface area contributed by atoms with Crippen molar-refractivity contribution in [2.24, 2.45) is 5.73 Å². The summed E-state index contributed by atoms with van der Waals surface area (Å²) in [4.78, 5) is 0. The van der Waals surface area contributed by atoms with Crippen LogP contribution in [0.1, 0.15) is 31.9 Å². The highest BCUT2D eigenvalue weighted by molar-refractivity contribution is 5.46. The monoisotopic (exact) mass is 203 g/mol. The second kappa shape index (κ2) is 4.37. The Balaban J connectivity index is 3.17. The van der Waals surface area contributed by atoms with E-state index in [1.807, 2.05) is 6.07 Å². The maximum absolute atomic E-state index is 9.72. The van der Waals surface area contributed by atoms with Crippen molar-refractivity contribution in [1.82, 2.24) is 0 Å². The molecule has 0 aliphatic carbocycles. The normalized spacial score (nSPS) is 10.7. The molecule has 0 aliphatic heterocycles. The second-order valence-corrected chi connectivity index (χ2v) is 4.49. The Morgan fingerprint density at radius 2 is 2.00 bits per heavy atom. The summed E-state index contributed by atoms with van der Waals surface area (Å²) in [6.45, 7) is 6.53. The van der Waals surface area contributed by atoms with Gasteiger partial charge in [0.25, 0.3) is 0 Å². The van der Waals surface area contributed by atoms with E-state index in [1.165, 1.54) is 0 Å². The fourth-order valence-electron chi connectivity index (χ4n) is 1.37. The SMILES string of the molecule is CC(C)(C)c1cc(C#CCN)ccc1O. The van der Waals surface area contributed by atoms with E-state index in [0.717, 1.165) is 11.1 Å². The fraction of sp³-hybridized carbons (Fsp3) is 0.385. The lowest BCUT2D eigenvalue weighted by atomic mass is 9.85. The molecule has 0 saturated carbocycles. The van der Waals surface area contributed by atoms with Gasteiger partial charge in [0, 0.05) is 11.1 Å². The molecule has 15 heavy (non-hydrogen) atoms. The Morgan fingerprint density at radius 1 is 1.33 bits per heavy atom. The third kappa shape index (κ3) is 3.00. The molecular weight excluding hydrogens is 186 g/mol. The first kappa shape index (κ1) is 11.6. The second-order valence-electron chi connectivity index (χ2n) is 4.49. The molecule has 2 heteroatoms. The number of rotatable bonds is 0. The van der Waals surface area contributed by atoms with Gasteiger partial charge in [-0.2, -0.15) is 0 Å². The van der Waals surface area contributed by atoms with Crippen LogP contribution in [0, 0.1) is 11.8 Å². The molecule has 80 valence electrons. The summed E-state index contributed by atoms with van der Waals surface area (Å²) < 4.78 is 0. The van der Waals surface area contributed by atoms with Gasteiger partial charge in [-0.3, -0.25) is 0 Å². The molecule has 0 bridgehead atoms. The van der Waals surface area contributed by atoms with Crippen LogP contribution in [0.5, 0.6) is 5.75 Å². The lowest BCUT2D eigenvalue weighted by Gasteiger charge is -2.20. The summed E-state index contributed by atoms with van der Waals surface area (Å²) in [6.07, 6.45) is 0. The van der Waals surface area contributed by atoms with Crippen LogP contribution in [-0.4, -0.2) is 11.7 Å². The van der Waals surface area contributed by atoms with Gasteiger partial charge in [0.1, 0.15) is 5.75 Å². The number of phenolic OH excluding ortho intramolecular Hbond substituents is 1. The summed E-state index contributed by atoms with van der Waals surface area (Å²) in [5.41, 5.74) is 7.03. The largest absolute Gasteiger partial charge is 0.508 e. The first-order valence-corrected chi connectivity index (χ1v) is 4.97. The lowest BCUT2D eigenvalue weighted by Crippen LogP contribution is -2.11. The van der Waals surface area contributed by atoms with Crippen molar-refractivity contribution < 1.29 is 5.11 Å². The minimum absolute atomic E-state index is 0.0789. The third-order valence-corrected chi connectivity index (χ3v) is 2.14. The molecule has 0 heterocycles. The summed E-state index contributed by atoms with van der Waals surface area (Å²) in [6, 6.07) is 5.40. The lowest BCUT2D eigenvalue weighted by molar-refractivity contribution is 0.446. The molecule has 0 unspecified atom stereocenters. The number of hydrogen-bond acceptors (Lipinski definition) is 2. The third-order valence-electron chi connectivity index (χ3n) is 2.14. The summed E-state index contributed by atoms with van der Waals surface area (Å²) >= 11 is 0. The van der Waals surface area contributed by atoms with E-state index >= 15 is 0 Å². The van der Waals surface area contributed by atoms with Crippen LogP contribution >= 0.6 is 0 Å². The zero-order valence-corrected chi connectivity index (χ0v) is 9.46. The molecule has 3 N–H and O–H groups in total. The van der Waals surface area contributed by atoms with Gasteiger partial charge in [0.15, 0.2) is 0 Å². The first-order valence-electron chi connectivity index (χ1n) is 4.97. The highest BCUT2D eigenvalue weighted by Crippen LogP contribution is 2.30. The quantitative estimate of drug-likeness (QED) is 0.633. The molecule has 2 nitrogen and oxygen atoms in total. The van der Waals surface area contributed by atoms with Crippen LogP contribution in [-0.2, 0) is 5.41 Å². The number of aromatic hydroxyl groups is 1. The molecule has 1 rings (SSSR count). The van der Waals surface area contributed by atoms with Crippen molar-refractivity contribution in [1.29, 1.82) is 0 Å². The van der Waals surface area contributed by atoms with E-state index in [0.29, 0.717) is 12.3 Å². The van der Waals surface area contributed by atoms with Crippen LogP contribution in [0.4, 0.5) is 0 Å². The Labute approximate surface area is 91.1 Å². The molecule has 0 fully saturated rings. The van der Waals surface area contributed by atoms with Crippen LogP contribution in [0.2, 0.25) is 0 Å². The summed E-state index contributed by atoms with van der Waals surface area (Å²) in [5.74, 6) is 6.08. The summed E-state index contributed by atoms with van der Waals surface area (Å²) in [5, 5.41) is 9.72. The Bertz CT molecular complexity index is 405. The van der Waals surface area contributed by atoms with Crippen molar-refractivity contribution in [2.45, 2.75) is 26.2 Å².